The van der Waals surface area contributed by atoms with E-state index in [1.165, 1.54) is 169 Å². The molecule has 0 unspecified atom stereocenters. The van der Waals surface area contributed by atoms with E-state index in [2.05, 4.69) is 128 Å². The van der Waals surface area contributed by atoms with E-state index in [1.54, 1.807) is 0 Å². The summed E-state index contributed by atoms with van der Waals surface area (Å²) in [5.41, 5.74) is 6.33. The fraction of sp³-hybridized carbons (Fsp3) is 0.553. The summed E-state index contributed by atoms with van der Waals surface area (Å²) >= 11 is 0. The molecule has 0 saturated carbocycles. The standard InChI is InChI=1S/C47H71N2/c1-4-7-9-11-13-15-17-19-21-23-39-49(40-24-22-20-18-16-14-12-10-8-5-2)47-35-33-45(34-36-47)30-29-43-25-27-44(28-26-43)31-32-46-37-41-48(6-3)42-38-46/h25-38,41-42H,4-24,39-40H2,1-3H3/q+1. The van der Waals surface area contributed by atoms with Crippen molar-refractivity contribution in [2.45, 2.75) is 156 Å². The first-order chi connectivity index (χ1) is 24.2. The number of aryl methyl sites for hydroxylation is 1. The Morgan fingerprint density at radius 3 is 1.04 bits per heavy atom. The van der Waals surface area contributed by atoms with Crippen LogP contribution in [-0.2, 0) is 6.54 Å². The van der Waals surface area contributed by atoms with Gasteiger partial charge in [0, 0.05) is 30.9 Å². The van der Waals surface area contributed by atoms with Gasteiger partial charge in [0.1, 0.15) is 6.54 Å². The molecule has 0 aliphatic heterocycles. The van der Waals surface area contributed by atoms with Crippen LogP contribution in [0, 0.1) is 0 Å². The van der Waals surface area contributed by atoms with Crippen molar-refractivity contribution >= 4 is 30.0 Å². The Labute approximate surface area is 302 Å². The minimum Gasteiger partial charge on any atom is -0.372 e. The second-order valence-electron chi connectivity index (χ2n) is 14.2. The number of aromatic nitrogens is 1. The molecule has 0 saturated heterocycles. The Morgan fingerprint density at radius 2 is 0.694 bits per heavy atom. The van der Waals surface area contributed by atoms with E-state index in [0.29, 0.717) is 0 Å². The van der Waals surface area contributed by atoms with Gasteiger partial charge in [-0.2, -0.15) is 0 Å². The van der Waals surface area contributed by atoms with Crippen molar-refractivity contribution in [2.75, 3.05) is 18.0 Å². The Hall–Kier alpha value is -3.13. The monoisotopic (exact) mass is 664 g/mol. The summed E-state index contributed by atoms with van der Waals surface area (Å²) in [5.74, 6) is 0. The van der Waals surface area contributed by atoms with Crippen molar-refractivity contribution in [3.05, 3.63) is 95.3 Å². The summed E-state index contributed by atoms with van der Waals surface area (Å²) in [6, 6.07) is 22.5. The molecule has 268 valence electrons. The zero-order valence-corrected chi connectivity index (χ0v) is 31.9. The topological polar surface area (TPSA) is 7.12 Å². The molecule has 0 radical (unpaired) electrons. The first-order valence-electron chi connectivity index (χ1n) is 20.5. The minimum atomic E-state index is 1.00. The third-order valence-corrected chi connectivity index (χ3v) is 9.98. The number of rotatable bonds is 28. The maximum absolute atomic E-state index is 2.67. The third-order valence-electron chi connectivity index (χ3n) is 9.98. The van der Waals surface area contributed by atoms with Crippen molar-refractivity contribution in [2.24, 2.45) is 0 Å². The van der Waals surface area contributed by atoms with E-state index < -0.39 is 0 Å². The molecular formula is C47H71N2+. The van der Waals surface area contributed by atoms with Crippen LogP contribution in [0.25, 0.3) is 24.3 Å². The van der Waals surface area contributed by atoms with Crippen LogP contribution in [0.2, 0.25) is 0 Å². The zero-order valence-electron chi connectivity index (χ0n) is 31.9. The summed E-state index contributed by atoms with van der Waals surface area (Å²) in [4.78, 5) is 2.67. The van der Waals surface area contributed by atoms with E-state index in [-0.39, 0.29) is 0 Å². The first kappa shape index (κ1) is 40.3. The lowest BCUT2D eigenvalue weighted by atomic mass is 10.1. The Bertz CT molecular complexity index is 1230. The average Bonchev–Trinajstić information content (AvgIpc) is 3.14. The third kappa shape index (κ3) is 18.4. The van der Waals surface area contributed by atoms with E-state index in [0.717, 1.165) is 6.54 Å². The molecule has 0 aliphatic carbocycles. The number of hydrogen-bond acceptors (Lipinski definition) is 1. The van der Waals surface area contributed by atoms with Gasteiger partial charge in [0.2, 0.25) is 0 Å². The molecule has 1 aromatic heterocycles. The van der Waals surface area contributed by atoms with Crippen LogP contribution in [0.1, 0.15) is 171 Å². The van der Waals surface area contributed by atoms with Crippen LogP contribution >= 0.6 is 0 Å². The number of anilines is 1. The molecule has 0 fully saturated rings. The lowest BCUT2D eigenvalue weighted by Crippen LogP contribution is -2.30. The summed E-state index contributed by atoms with van der Waals surface area (Å²) in [7, 11) is 0. The van der Waals surface area contributed by atoms with Crippen molar-refractivity contribution in [3.8, 4) is 0 Å². The summed E-state index contributed by atoms with van der Waals surface area (Å²) in [6.07, 6.45) is 41.0. The molecule has 3 rings (SSSR count). The van der Waals surface area contributed by atoms with E-state index in [1.807, 2.05) is 0 Å². The maximum Gasteiger partial charge on any atom is 0.169 e. The summed E-state index contributed by atoms with van der Waals surface area (Å²) in [5, 5.41) is 0. The van der Waals surface area contributed by atoms with Gasteiger partial charge in [-0.05, 0) is 54.2 Å². The number of nitrogens with zero attached hydrogens (tertiary/aromatic N) is 2. The van der Waals surface area contributed by atoms with Crippen molar-refractivity contribution in [1.82, 2.24) is 0 Å². The summed E-state index contributed by atoms with van der Waals surface area (Å²) in [6.45, 7) is 10.1. The van der Waals surface area contributed by atoms with Gasteiger partial charge in [-0.25, -0.2) is 4.57 Å². The Balaban J connectivity index is 1.46. The normalized spacial score (nSPS) is 11.7. The molecule has 0 aliphatic rings. The van der Waals surface area contributed by atoms with Crippen LogP contribution in [-0.4, -0.2) is 13.1 Å². The van der Waals surface area contributed by atoms with Crippen molar-refractivity contribution in [3.63, 3.8) is 0 Å². The quantitative estimate of drug-likeness (QED) is 0.0426. The molecule has 1 heterocycles. The molecule has 0 spiro atoms. The van der Waals surface area contributed by atoms with Gasteiger partial charge in [-0.1, -0.05) is 190 Å². The smallest absolute Gasteiger partial charge is 0.169 e. The van der Waals surface area contributed by atoms with Gasteiger partial charge in [0.15, 0.2) is 12.4 Å². The lowest BCUT2D eigenvalue weighted by molar-refractivity contribution is -0.693. The molecular weight excluding hydrogens is 593 g/mol. The largest absolute Gasteiger partial charge is 0.372 e. The molecule has 0 amide bonds. The zero-order chi connectivity index (χ0) is 34.6. The van der Waals surface area contributed by atoms with Crippen LogP contribution < -0.4 is 9.47 Å². The molecule has 2 heteroatoms. The van der Waals surface area contributed by atoms with E-state index in [4.69, 9.17) is 0 Å². The second kappa shape index (κ2) is 26.7. The second-order valence-corrected chi connectivity index (χ2v) is 14.2. The Kier molecular flexibility index (Phi) is 22.0. The van der Waals surface area contributed by atoms with E-state index >= 15 is 0 Å². The fourth-order valence-electron chi connectivity index (χ4n) is 6.64. The van der Waals surface area contributed by atoms with Gasteiger partial charge in [-0.3, -0.25) is 0 Å². The fourth-order valence-corrected chi connectivity index (χ4v) is 6.64. The molecule has 2 aromatic carbocycles. The highest BCUT2D eigenvalue weighted by atomic mass is 15.1. The Morgan fingerprint density at radius 1 is 0.388 bits per heavy atom. The maximum atomic E-state index is 2.67. The molecule has 2 nitrogen and oxygen atoms in total. The SMILES string of the molecule is CCCCCCCCCCCCN(CCCCCCCCCCCC)c1ccc(C=Cc2ccc(C=Cc3cc[n+](CC)cc3)cc2)cc1. The molecule has 0 N–H and O–H groups in total. The van der Waals surface area contributed by atoms with Crippen LogP contribution in [0.3, 0.4) is 0 Å². The minimum absolute atomic E-state index is 1.00. The summed E-state index contributed by atoms with van der Waals surface area (Å²) < 4.78 is 2.18. The van der Waals surface area contributed by atoms with Gasteiger partial charge in [0.25, 0.3) is 0 Å². The number of pyridine rings is 1. The van der Waals surface area contributed by atoms with Crippen LogP contribution in [0.15, 0.2) is 73.1 Å². The van der Waals surface area contributed by atoms with Crippen LogP contribution in [0.4, 0.5) is 5.69 Å². The highest BCUT2D eigenvalue weighted by Crippen LogP contribution is 2.21. The van der Waals surface area contributed by atoms with Crippen molar-refractivity contribution < 1.29 is 4.57 Å². The highest BCUT2D eigenvalue weighted by Gasteiger charge is 2.07. The molecule has 3 aromatic rings. The number of benzene rings is 2. The first-order valence-corrected chi connectivity index (χ1v) is 20.5. The van der Waals surface area contributed by atoms with Gasteiger partial charge < -0.3 is 4.90 Å². The van der Waals surface area contributed by atoms with Gasteiger partial charge in [-0.15, -0.1) is 0 Å². The van der Waals surface area contributed by atoms with E-state index in [9.17, 15) is 0 Å². The predicted octanol–water partition coefficient (Wildman–Crippen LogP) is 14.0. The van der Waals surface area contributed by atoms with Crippen molar-refractivity contribution in [1.29, 1.82) is 0 Å². The predicted molar refractivity (Wildman–Crippen MR) is 219 cm³/mol. The van der Waals surface area contributed by atoms with Crippen LogP contribution in [0.5, 0.6) is 0 Å². The average molecular weight is 664 g/mol. The molecule has 49 heavy (non-hydrogen) atoms. The van der Waals surface area contributed by atoms with Gasteiger partial charge >= 0.3 is 0 Å². The molecule has 0 bridgehead atoms. The number of unbranched alkanes of at least 4 members (excludes halogenated alkanes) is 18. The van der Waals surface area contributed by atoms with Gasteiger partial charge in [0.05, 0.1) is 0 Å². The molecule has 0 atom stereocenters. The number of hydrogen-bond donors (Lipinski definition) is 0. The lowest BCUT2D eigenvalue weighted by Gasteiger charge is -2.25. The highest BCUT2D eigenvalue weighted by molar-refractivity contribution is 5.73.